The standard InChI is InChI=1S/C44H25NS/c1-2-7-31-29(5-1)30-6-3-4-8-32(30)34-23-27(11-18-33(31)34)24-9-16-28(17-10-24)45-35-19-12-25-14-21-37-43-39(25)41(35)42-36(45)20-13-26-15-22-38(46-37)44(43)40(26)42/h1-12,14-23,37H,13H2. The summed E-state index contributed by atoms with van der Waals surface area (Å²) >= 11 is 2.03. The van der Waals surface area contributed by atoms with Crippen molar-refractivity contribution in [3.8, 4) is 16.8 Å². The first-order valence-electron chi connectivity index (χ1n) is 16.2. The van der Waals surface area contributed by atoms with Crippen molar-refractivity contribution in [1.82, 2.24) is 4.57 Å². The Morgan fingerprint density at radius 1 is 0.565 bits per heavy atom. The van der Waals surface area contributed by atoms with E-state index in [0.717, 1.165) is 6.42 Å². The Hall–Kier alpha value is -5.31. The second-order valence-electron chi connectivity index (χ2n) is 13.1. The van der Waals surface area contributed by atoms with E-state index < -0.39 is 0 Å². The van der Waals surface area contributed by atoms with Crippen LogP contribution in [0, 0.1) is 0 Å². The van der Waals surface area contributed by atoms with Gasteiger partial charge in [-0.2, -0.15) is 0 Å². The van der Waals surface area contributed by atoms with Gasteiger partial charge < -0.3 is 4.57 Å². The molecule has 0 saturated carbocycles. The van der Waals surface area contributed by atoms with Crippen molar-refractivity contribution in [2.75, 3.05) is 0 Å². The molecule has 212 valence electrons. The van der Waals surface area contributed by atoms with E-state index in [1.807, 2.05) is 11.8 Å². The van der Waals surface area contributed by atoms with Gasteiger partial charge in [0.2, 0.25) is 0 Å². The van der Waals surface area contributed by atoms with Crippen LogP contribution in [0.1, 0.15) is 21.9 Å². The molecule has 2 heterocycles. The predicted molar refractivity (Wildman–Crippen MR) is 197 cm³/mol. The van der Waals surface area contributed by atoms with Crippen LogP contribution >= 0.6 is 11.8 Å². The van der Waals surface area contributed by atoms with Crippen LogP contribution in [0.3, 0.4) is 0 Å². The molecule has 0 spiro atoms. The maximum absolute atomic E-state index is 2.53. The summed E-state index contributed by atoms with van der Waals surface area (Å²) in [6, 6.07) is 43.4. The second kappa shape index (κ2) is 8.28. The maximum atomic E-state index is 2.53. The maximum Gasteiger partial charge on any atom is 0.0547 e. The molecule has 46 heavy (non-hydrogen) atoms. The third-order valence-electron chi connectivity index (χ3n) is 11.0. The van der Waals surface area contributed by atoms with Crippen LogP contribution in [0.4, 0.5) is 0 Å². The van der Waals surface area contributed by atoms with Gasteiger partial charge in [0.25, 0.3) is 0 Å². The van der Waals surface area contributed by atoms with Crippen LogP contribution in [0.25, 0.3) is 93.7 Å². The molecule has 0 amide bonds. The largest absolute Gasteiger partial charge is 0.310 e. The topological polar surface area (TPSA) is 4.93 Å². The van der Waals surface area contributed by atoms with Crippen LogP contribution in [0.2, 0.25) is 0 Å². The fraction of sp³-hybridized carbons (Fsp3) is 0.0455. The first-order chi connectivity index (χ1) is 22.8. The van der Waals surface area contributed by atoms with Gasteiger partial charge in [0.15, 0.2) is 0 Å². The summed E-state index contributed by atoms with van der Waals surface area (Å²) in [7, 11) is 0. The third-order valence-corrected chi connectivity index (χ3v) is 12.2. The smallest absolute Gasteiger partial charge is 0.0547 e. The number of benzene rings is 8. The third kappa shape index (κ3) is 2.82. The van der Waals surface area contributed by atoms with Crippen LogP contribution in [0.15, 0.2) is 126 Å². The van der Waals surface area contributed by atoms with Crippen molar-refractivity contribution in [1.29, 1.82) is 0 Å². The summed E-state index contributed by atoms with van der Waals surface area (Å²) in [5.74, 6) is 0. The summed E-state index contributed by atoms with van der Waals surface area (Å²) in [4.78, 5) is 1.44. The van der Waals surface area contributed by atoms with Gasteiger partial charge in [0.05, 0.1) is 16.1 Å². The monoisotopic (exact) mass is 599 g/mol. The Bertz CT molecular complexity index is 2920. The molecule has 8 aromatic carbocycles. The van der Waals surface area contributed by atoms with Crippen molar-refractivity contribution >= 4 is 88.7 Å². The number of nitrogens with zero attached hydrogens (tertiary/aromatic N) is 1. The molecule has 3 aliphatic rings. The van der Waals surface area contributed by atoms with E-state index in [1.165, 1.54) is 103 Å². The van der Waals surface area contributed by atoms with E-state index in [1.54, 1.807) is 5.56 Å². The van der Waals surface area contributed by atoms with Gasteiger partial charge in [-0.15, -0.1) is 11.8 Å². The molecule has 0 bridgehead atoms. The lowest BCUT2D eigenvalue weighted by Crippen LogP contribution is -2.17. The van der Waals surface area contributed by atoms with Gasteiger partial charge in [-0.25, -0.2) is 0 Å². The fourth-order valence-electron chi connectivity index (χ4n) is 9.05. The zero-order valence-electron chi connectivity index (χ0n) is 24.8. The van der Waals surface area contributed by atoms with Crippen LogP contribution in [0.5, 0.6) is 0 Å². The molecule has 0 fully saturated rings. The quantitative estimate of drug-likeness (QED) is 0.141. The van der Waals surface area contributed by atoms with Gasteiger partial charge in [-0.3, -0.25) is 0 Å². The SMILES string of the molecule is C1=CC2Sc3ccc4c5c3c2c2c1ccc1c2c5c(n1-c1ccc(-c2ccc3c5ccccc5c5ccccc5c3c2)cc1)=CC4. The Balaban J connectivity index is 1.08. The fourth-order valence-corrected chi connectivity index (χ4v) is 10.3. The highest BCUT2D eigenvalue weighted by atomic mass is 32.2. The number of thioether (sulfide) groups is 1. The number of hydrogen-bond acceptors (Lipinski definition) is 1. The van der Waals surface area contributed by atoms with Gasteiger partial charge in [0, 0.05) is 26.7 Å². The van der Waals surface area contributed by atoms with Crippen molar-refractivity contribution in [2.45, 2.75) is 16.6 Å². The van der Waals surface area contributed by atoms with E-state index in [4.69, 9.17) is 0 Å². The van der Waals surface area contributed by atoms with Gasteiger partial charge in [0.1, 0.15) is 0 Å². The zero-order valence-corrected chi connectivity index (χ0v) is 25.7. The molecule has 1 nitrogen and oxygen atoms in total. The van der Waals surface area contributed by atoms with Crippen LogP contribution < -0.4 is 5.35 Å². The van der Waals surface area contributed by atoms with Crippen molar-refractivity contribution in [3.63, 3.8) is 0 Å². The van der Waals surface area contributed by atoms with Gasteiger partial charge in [-0.1, -0.05) is 103 Å². The summed E-state index contributed by atoms with van der Waals surface area (Å²) in [6.07, 6.45) is 8.21. The Morgan fingerprint density at radius 3 is 2.07 bits per heavy atom. The molecule has 0 radical (unpaired) electrons. The molecule has 2 heteroatoms. The summed E-state index contributed by atoms with van der Waals surface area (Å²) in [5, 5.41) is 17.0. The predicted octanol–water partition coefficient (Wildman–Crippen LogP) is 11.3. The Morgan fingerprint density at radius 2 is 1.28 bits per heavy atom. The van der Waals surface area contributed by atoms with E-state index in [9.17, 15) is 0 Å². The molecule has 0 N–H and O–H groups in total. The highest BCUT2D eigenvalue weighted by molar-refractivity contribution is 8.00. The molecule has 1 atom stereocenters. The van der Waals surface area contributed by atoms with Crippen LogP contribution in [-0.4, -0.2) is 4.57 Å². The summed E-state index contributed by atoms with van der Waals surface area (Å²) < 4.78 is 2.53. The Kier molecular flexibility index (Phi) is 4.32. The van der Waals surface area contributed by atoms with Gasteiger partial charge in [-0.05, 0) is 108 Å². The summed E-state index contributed by atoms with van der Waals surface area (Å²) in [6.45, 7) is 0. The molecule has 12 rings (SSSR count). The second-order valence-corrected chi connectivity index (χ2v) is 14.3. The first kappa shape index (κ1) is 24.0. The summed E-state index contributed by atoms with van der Waals surface area (Å²) in [5.41, 5.74) is 9.41. The lowest BCUT2D eigenvalue weighted by atomic mass is 9.84. The zero-order chi connectivity index (χ0) is 29.7. The van der Waals surface area contributed by atoms with Crippen LogP contribution in [-0.2, 0) is 6.42 Å². The number of fused-ring (bicyclic) bond motifs is 6. The molecule has 2 aliphatic carbocycles. The molecule has 1 aromatic heterocycles. The molecular weight excluding hydrogens is 575 g/mol. The van der Waals surface area contributed by atoms with Gasteiger partial charge >= 0.3 is 0 Å². The minimum Gasteiger partial charge on any atom is -0.310 e. The molecule has 9 aromatic rings. The molecular formula is C44H25NS. The number of hydrogen-bond donors (Lipinski definition) is 0. The van der Waals surface area contributed by atoms with E-state index in [0.29, 0.717) is 5.25 Å². The molecule has 0 saturated heterocycles. The molecule has 1 unspecified atom stereocenters. The van der Waals surface area contributed by atoms with E-state index in [2.05, 4.69) is 138 Å². The van der Waals surface area contributed by atoms with Crippen molar-refractivity contribution in [2.24, 2.45) is 0 Å². The first-order valence-corrected chi connectivity index (χ1v) is 17.1. The normalized spacial score (nSPS) is 16.0. The molecule has 1 aliphatic heterocycles. The van der Waals surface area contributed by atoms with Crippen molar-refractivity contribution < 1.29 is 0 Å². The average Bonchev–Trinajstić information content (AvgIpc) is 3.68. The highest BCUT2D eigenvalue weighted by Gasteiger charge is 2.34. The van der Waals surface area contributed by atoms with Crippen molar-refractivity contribution in [3.05, 3.63) is 143 Å². The van der Waals surface area contributed by atoms with E-state index in [-0.39, 0.29) is 0 Å². The highest BCUT2D eigenvalue weighted by Crippen LogP contribution is 2.57. The number of rotatable bonds is 2. The number of aromatic nitrogens is 1. The lowest BCUT2D eigenvalue weighted by Gasteiger charge is -2.19. The lowest BCUT2D eigenvalue weighted by molar-refractivity contribution is 1.08. The van der Waals surface area contributed by atoms with E-state index >= 15 is 0 Å². The Labute approximate surface area is 269 Å². The minimum absolute atomic E-state index is 0.418. The minimum atomic E-state index is 0.418. The average molecular weight is 600 g/mol.